The van der Waals surface area contributed by atoms with Crippen molar-refractivity contribution in [3.63, 3.8) is 0 Å². The van der Waals surface area contributed by atoms with Crippen molar-refractivity contribution in [1.82, 2.24) is 20.0 Å². The maximum atomic E-state index is 13.8. The van der Waals surface area contributed by atoms with E-state index in [4.69, 9.17) is 4.74 Å². The monoisotopic (exact) mass is 346 g/mol. The Hall–Kier alpha value is -1.92. The molecule has 0 unspecified atom stereocenters. The fraction of sp³-hybridized carbons (Fsp3) is 0.526. The van der Waals surface area contributed by atoms with Gasteiger partial charge in [-0.05, 0) is 38.9 Å². The number of benzene rings is 1. The van der Waals surface area contributed by atoms with Gasteiger partial charge in [0, 0.05) is 31.7 Å². The van der Waals surface area contributed by atoms with Crippen molar-refractivity contribution in [1.29, 1.82) is 0 Å². The Labute approximate surface area is 148 Å². The summed E-state index contributed by atoms with van der Waals surface area (Å²) >= 11 is 0. The Balaban J connectivity index is 1.49. The molecule has 2 aromatic rings. The first-order valence-corrected chi connectivity index (χ1v) is 8.84. The highest BCUT2D eigenvalue weighted by atomic mass is 19.1. The van der Waals surface area contributed by atoms with E-state index in [-0.39, 0.29) is 5.82 Å². The van der Waals surface area contributed by atoms with Crippen molar-refractivity contribution in [2.75, 3.05) is 20.2 Å². The second kappa shape index (κ2) is 7.97. The number of aryl methyl sites for hydroxylation is 2. The van der Waals surface area contributed by atoms with E-state index in [2.05, 4.69) is 15.3 Å². The number of hydrogen-bond donors (Lipinski definition) is 1. The highest BCUT2D eigenvalue weighted by Gasteiger charge is 2.21. The molecule has 2 heterocycles. The standard InChI is InChI=1S/C19H27FN4O/c1-14-17(19(25-3)23(2)22-14)12-21-16-8-10-24(11-9-16)13-15-6-4-5-7-18(15)20/h4-7,16,21H,8-13H2,1-3H3. The lowest BCUT2D eigenvalue weighted by Gasteiger charge is -2.32. The molecule has 3 rings (SSSR count). The minimum atomic E-state index is -0.109. The summed E-state index contributed by atoms with van der Waals surface area (Å²) in [5.41, 5.74) is 2.91. The van der Waals surface area contributed by atoms with E-state index < -0.39 is 0 Å². The Bertz CT molecular complexity index is 707. The van der Waals surface area contributed by atoms with Gasteiger partial charge in [0.25, 0.3) is 0 Å². The largest absolute Gasteiger partial charge is 0.481 e. The first-order chi connectivity index (χ1) is 12.1. The van der Waals surface area contributed by atoms with Crippen LogP contribution in [-0.2, 0) is 20.1 Å². The van der Waals surface area contributed by atoms with Crippen molar-refractivity contribution in [3.8, 4) is 5.88 Å². The molecule has 1 aromatic heterocycles. The average molecular weight is 346 g/mol. The van der Waals surface area contributed by atoms with Crippen LogP contribution in [0.5, 0.6) is 5.88 Å². The van der Waals surface area contributed by atoms with Gasteiger partial charge in [-0.3, -0.25) is 4.90 Å². The molecule has 1 aliphatic heterocycles. The lowest BCUT2D eigenvalue weighted by Crippen LogP contribution is -2.42. The van der Waals surface area contributed by atoms with Crippen LogP contribution in [0, 0.1) is 12.7 Å². The third kappa shape index (κ3) is 4.19. The number of rotatable bonds is 6. The molecule has 0 amide bonds. The second-order valence-electron chi connectivity index (χ2n) is 6.72. The van der Waals surface area contributed by atoms with Crippen molar-refractivity contribution < 1.29 is 9.13 Å². The van der Waals surface area contributed by atoms with Crippen LogP contribution < -0.4 is 10.1 Å². The summed E-state index contributed by atoms with van der Waals surface area (Å²) in [6.07, 6.45) is 2.13. The zero-order valence-corrected chi connectivity index (χ0v) is 15.3. The van der Waals surface area contributed by atoms with Gasteiger partial charge in [0.1, 0.15) is 5.82 Å². The molecule has 5 nitrogen and oxygen atoms in total. The van der Waals surface area contributed by atoms with Crippen LogP contribution in [0.1, 0.15) is 29.7 Å². The summed E-state index contributed by atoms with van der Waals surface area (Å²) in [5, 5.41) is 8.05. The predicted molar refractivity (Wildman–Crippen MR) is 96.0 cm³/mol. The zero-order chi connectivity index (χ0) is 17.8. The highest BCUT2D eigenvalue weighted by molar-refractivity contribution is 5.30. The molecule has 1 aromatic carbocycles. The summed E-state index contributed by atoms with van der Waals surface area (Å²) in [6.45, 7) is 5.43. The molecular formula is C19H27FN4O. The molecule has 6 heteroatoms. The van der Waals surface area contributed by atoms with Crippen LogP contribution in [0.15, 0.2) is 24.3 Å². The van der Waals surface area contributed by atoms with Gasteiger partial charge in [0.05, 0.1) is 18.4 Å². The van der Waals surface area contributed by atoms with Crippen LogP contribution in [0.3, 0.4) is 0 Å². The maximum absolute atomic E-state index is 13.8. The minimum Gasteiger partial charge on any atom is -0.481 e. The molecule has 1 aliphatic rings. The summed E-state index contributed by atoms with van der Waals surface area (Å²) in [7, 11) is 3.58. The summed E-state index contributed by atoms with van der Waals surface area (Å²) in [6, 6.07) is 7.52. The Morgan fingerprint density at radius 3 is 2.68 bits per heavy atom. The number of nitrogens with zero attached hydrogens (tertiary/aromatic N) is 3. The molecule has 136 valence electrons. The zero-order valence-electron chi connectivity index (χ0n) is 15.3. The van der Waals surface area contributed by atoms with Crippen molar-refractivity contribution in [2.45, 2.75) is 38.9 Å². The van der Waals surface area contributed by atoms with E-state index in [0.29, 0.717) is 12.6 Å². The molecule has 0 spiro atoms. The predicted octanol–water partition coefficient (Wildman–Crippen LogP) is 2.63. The van der Waals surface area contributed by atoms with Gasteiger partial charge in [-0.2, -0.15) is 5.10 Å². The average Bonchev–Trinajstić information content (AvgIpc) is 2.89. The van der Waals surface area contributed by atoms with E-state index in [1.165, 1.54) is 6.07 Å². The molecule has 0 atom stereocenters. The fourth-order valence-electron chi connectivity index (χ4n) is 3.55. The number of halogens is 1. The number of aromatic nitrogens is 2. The van der Waals surface area contributed by atoms with Gasteiger partial charge >= 0.3 is 0 Å². The molecule has 1 N–H and O–H groups in total. The van der Waals surface area contributed by atoms with Crippen LogP contribution in [0.4, 0.5) is 4.39 Å². The lowest BCUT2D eigenvalue weighted by molar-refractivity contribution is 0.188. The summed E-state index contributed by atoms with van der Waals surface area (Å²) in [4.78, 5) is 2.33. The Kier molecular flexibility index (Phi) is 5.71. The van der Waals surface area contributed by atoms with Gasteiger partial charge in [-0.1, -0.05) is 18.2 Å². The first kappa shape index (κ1) is 17.9. The lowest BCUT2D eigenvalue weighted by atomic mass is 10.0. The van der Waals surface area contributed by atoms with Gasteiger partial charge in [0.2, 0.25) is 5.88 Å². The fourth-order valence-corrected chi connectivity index (χ4v) is 3.55. The van der Waals surface area contributed by atoms with Crippen LogP contribution in [0.2, 0.25) is 0 Å². The van der Waals surface area contributed by atoms with E-state index >= 15 is 0 Å². The third-order valence-electron chi connectivity index (χ3n) is 4.99. The Morgan fingerprint density at radius 2 is 2.00 bits per heavy atom. The molecule has 0 saturated carbocycles. The van der Waals surface area contributed by atoms with Crippen molar-refractivity contribution in [3.05, 3.63) is 46.9 Å². The van der Waals surface area contributed by atoms with Crippen LogP contribution in [0.25, 0.3) is 0 Å². The first-order valence-electron chi connectivity index (χ1n) is 8.84. The number of piperidine rings is 1. The summed E-state index contributed by atoms with van der Waals surface area (Å²) < 4.78 is 21.0. The normalized spacial score (nSPS) is 16.3. The van der Waals surface area contributed by atoms with Crippen LogP contribution in [-0.4, -0.2) is 40.9 Å². The smallest absolute Gasteiger partial charge is 0.216 e. The van der Waals surface area contributed by atoms with Crippen molar-refractivity contribution >= 4 is 0 Å². The minimum absolute atomic E-state index is 0.109. The van der Waals surface area contributed by atoms with Gasteiger partial charge in [0.15, 0.2) is 0 Å². The van der Waals surface area contributed by atoms with Crippen LogP contribution >= 0.6 is 0 Å². The summed E-state index contributed by atoms with van der Waals surface area (Å²) in [5.74, 6) is 0.712. The molecule has 0 radical (unpaired) electrons. The van der Waals surface area contributed by atoms with Gasteiger partial charge in [-0.15, -0.1) is 0 Å². The molecule has 0 aliphatic carbocycles. The van der Waals surface area contributed by atoms with E-state index in [9.17, 15) is 4.39 Å². The quantitative estimate of drug-likeness (QED) is 0.873. The third-order valence-corrected chi connectivity index (χ3v) is 4.99. The van der Waals surface area contributed by atoms with E-state index in [1.54, 1.807) is 17.9 Å². The van der Waals surface area contributed by atoms with Gasteiger partial charge in [-0.25, -0.2) is 9.07 Å². The molecular weight excluding hydrogens is 319 g/mol. The van der Waals surface area contributed by atoms with Gasteiger partial charge < -0.3 is 10.1 Å². The number of hydrogen-bond acceptors (Lipinski definition) is 4. The highest BCUT2D eigenvalue weighted by Crippen LogP contribution is 2.22. The maximum Gasteiger partial charge on any atom is 0.216 e. The molecule has 25 heavy (non-hydrogen) atoms. The van der Waals surface area contributed by atoms with E-state index in [0.717, 1.165) is 55.2 Å². The molecule has 1 saturated heterocycles. The molecule has 0 bridgehead atoms. The molecule has 1 fully saturated rings. The topological polar surface area (TPSA) is 42.3 Å². The number of nitrogens with one attached hydrogen (secondary N) is 1. The van der Waals surface area contributed by atoms with E-state index in [1.807, 2.05) is 26.1 Å². The van der Waals surface area contributed by atoms with Crippen molar-refractivity contribution in [2.24, 2.45) is 7.05 Å². The second-order valence-corrected chi connectivity index (χ2v) is 6.72. The number of likely N-dealkylation sites (tertiary alicyclic amines) is 1. The number of methoxy groups -OCH3 is 1. The Morgan fingerprint density at radius 1 is 1.28 bits per heavy atom. The SMILES string of the molecule is COc1c(CNC2CCN(Cc3ccccc3F)CC2)c(C)nn1C. The number of ether oxygens (including phenoxy) is 1.